The Morgan fingerprint density at radius 1 is 1.16 bits per heavy atom. The molecule has 0 unspecified atom stereocenters. The third kappa shape index (κ3) is 5.94. The molecule has 0 aliphatic carbocycles. The monoisotopic (exact) mass is 432 g/mol. The number of nitrogens with zero attached hydrogens (tertiary/aromatic N) is 3. The molecule has 1 aliphatic rings. The first-order valence-electron chi connectivity index (χ1n) is 9.51. The van der Waals surface area contributed by atoms with Crippen LogP contribution in [0.15, 0.2) is 42.6 Å². The van der Waals surface area contributed by atoms with Crippen LogP contribution in [0.3, 0.4) is 0 Å². The van der Waals surface area contributed by atoms with Crippen molar-refractivity contribution in [3.8, 4) is 6.07 Å². The number of ether oxygens (including phenoxy) is 1. The van der Waals surface area contributed by atoms with Gasteiger partial charge in [0, 0.05) is 25.0 Å². The zero-order chi connectivity index (χ0) is 22.4. The molecule has 1 aromatic carbocycles. The highest BCUT2D eigenvalue weighted by Gasteiger charge is 2.31. The van der Waals surface area contributed by atoms with Crippen molar-refractivity contribution in [3.05, 3.63) is 53.7 Å². The Morgan fingerprint density at radius 3 is 2.39 bits per heavy atom. The van der Waals surface area contributed by atoms with E-state index in [1.807, 2.05) is 11.0 Å². The molecule has 2 heterocycles. The molecule has 10 heteroatoms. The van der Waals surface area contributed by atoms with E-state index in [1.54, 1.807) is 24.3 Å². The first kappa shape index (κ1) is 22.1. The summed E-state index contributed by atoms with van der Waals surface area (Å²) < 4.78 is 43.0. The summed E-state index contributed by atoms with van der Waals surface area (Å²) >= 11 is 0. The van der Waals surface area contributed by atoms with Gasteiger partial charge in [0.1, 0.15) is 5.82 Å². The number of hydrogen-bond donors (Lipinski definition) is 1. The molecule has 1 N–H and O–H groups in total. The number of carbonyl (C=O) groups is 2. The standard InChI is InChI=1S/C21H19F3N4O3/c22-21(23,24)16-3-6-18(26-12-16)28-9-7-15(8-10-28)20(30)31-13-19(29)27-17-4-1-14(11-25)2-5-17/h1-6,12,15H,7-10,13H2,(H,27,29). The molecule has 1 aromatic heterocycles. The molecule has 0 atom stereocenters. The summed E-state index contributed by atoms with van der Waals surface area (Å²) in [4.78, 5) is 29.9. The number of hydrogen-bond acceptors (Lipinski definition) is 6. The first-order valence-corrected chi connectivity index (χ1v) is 9.51. The van der Waals surface area contributed by atoms with E-state index in [1.165, 1.54) is 6.07 Å². The summed E-state index contributed by atoms with van der Waals surface area (Å²) in [5.41, 5.74) is 0.133. The quantitative estimate of drug-likeness (QED) is 0.728. The van der Waals surface area contributed by atoms with Gasteiger partial charge < -0.3 is 15.0 Å². The van der Waals surface area contributed by atoms with E-state index in [-0.39, 0.29) is 0 Å². The predicted molar refractivity (Wildman–Crippen MR) is 105 cm³/mol. The molecule has 0 spiro atoms. The average molecular weight is 432 g/mol. The van der Waals surface area contributed by atoms with Crippen LogP contribution in [0.25, 0.3) is 0 Å². The second kappa shape index (κ2) is 9.47. The van der Waals surface area contributed by atoms with E-state index in [9.17, 15) is 22.8 Å². The second-order valence-corrected chi connectivity index (χ2v) is 7.01. The number of halogens is 3. The lowest BCUT2D eigenvalue weighted by Crippen LogP contribution is -2.38. The van der Waals surface area contributed by atoms with Gasteiger partial charge in [0.05, 0.1) is 23.1 Å². The van der Waals surface area contributed by atoms with Crippen molar-refractivity contribution in [1.29, 1.82) is 5.26 Å². The molecule has 2 aromatic rings. The molecule has 0 saturated carbocycles. The molecule has 1 amide bonds. The van der Waals surface area contributed by atoms with Crippen molar-refractivity contribution >= 4 is 23.4 Å². The zero-order valence-corrected chi connectivity index (χ0v) is 16.4. The summed E-state index contributed by atoms with van der Waals surface area (Å²) in [5.74, 6) is -0.963. The lowest BCUT2D eigenvalue weighted by atomic mass is 9.97. The summed E-state index contributed by atoms with van der Waals surface area (Å²) in [5, 5.41) is 11.3. The van der Waals surface area contributed by atoms with Crippen LogP contribution < -0.4 is 10.2 Å². The number of benzene rings is 1. The van der Waals surface area contributed by atoms with Gasteiger partial charge in [0.15, 0.2) is 6.61 Å². The Bertz CT molecular complexity index is 961. The normalized spacial score (nSPS) is 14.6. The van der Waals surface area contributed by atoms with Crippen molar-refractivity contribution in [2.45, 2.75) is 19.0 Å². The van der Waals surface area contributed by atoms with E-state index in [2.05, 4.69) is 10.3 Å². The van der Waals surface area contributed by atoms with Crippen LogP contribution in [0.2, 0.25) is 0 Å². The van der Waals surface area contributed by atoms with Crippen LogP contribution in [-0.4, -0.2) is 36.6 Å². The van der Waals surface area contributed by atoms with E-state index < -0.39 is 36.1 Å². The predicted octanol–water partition coefficient (Wildman–Crippen LogP) is 3.37. The van der Waals surface area contributed by atoms with E-state index in [4.69, 9.17) is 10.00 Å². The minimum absolute atomic E-state index is 0.395. The van der Waals surface area contributed by atoms with Crippen molar-refractivity contribution in [2.75, 3.05) is 29.9 Å². The molecule has 162 valence electrons. The molecule has 1 fully saturated rings. The molecular weight excluding hydrogens is 413 g/mol. The average Bonchev–Trinajstić information content (AvgIpc) is 2.77. The highest BCUT2D eigenvalue weighted by molar-refractivity contribution is 5.92. The Morgan fingerprint density at radius 2 is 1.84 bits per heavy atom. The fraction of sp³-hybridized carbons (Fsp3) is 0.333. The van der Waals surface area contributed by atoms with E-state index in [0.29, 0.717) is 43.0 Å². The van der Waals surface area contributed by atoms with Gasteiger partial charge in [-0.15, -0.1) is 0 Å². The third-order valence-corrected chi connectivity index (χ3v) is 4.87. The number of nitrogens with one attached hydrogen (secondary N) is 1. The van der Waals surface area contributed by atoms with Gasteiger partial charge in [0.2, 0.25) is 0 Å². The summed E-state index contributed by atoms with van der Waals surface area (Å²) in [6.45, 7) is 0.449. The van der Waals surface area contributed by atoms with E-state index in [0.717, 1.165) is 12.3 Å². The molecule has 1 aliphatic heterocycles. The van der Waals surface area contributed by atoms with Gasteiger partial charge in [-0.25, -0.2) is 4.98 Å². The number of carbonyl (C=O) groups excluding carboxylic acids is 2. The number of alkyl halides is 3. The minimum Gasteiger partial charge on any atom is -0.455 e. The Kier molecular flexibility index (Phi) is 6.74. The zero-order valence-electron chi connectivity index (χ0n) is 16.4. The number of aromatic nitrogens is 1. The number of anilines is 2. The van der Waals surface area contributed by atoms with Crippen LogP contribution in [-0.2, 0) is 20.5 Å². The number of pyridine rings is 1. The van der Waals surface area contributed by atoms with Crippen molar-refractivity contribution in [2.24, 2.45) is 5.92 Å². The number of rotatable bonds is 5. The molecule has 0 radical (unpaired) electrons. The highest BCUT2D eigenvalue weighted by atomic mass is 19.4. The van der Waals surface area contributed by atoms with Gasteiger partial charge in [-0.1, -0.05) is 0 Å². The Hall–Kier alpha value is -3.61. The largest absolute Gasteiger partial charge is 0.455 e. The minimum atomic E-state index is -4.44. The molecule has 31 heavy (non-hydrogen) atoms. The fourth-order valence-corrected chi connectivity index (χ4v) is 3.16. The molecule has 7 nitrogen and oxygen atoms in total. The summed E-state index contributed by atoms with van der Waals surface area (Å²) in [6.07, 6.45) is -2.76. The second-order valence-electron chi connectivity index (χ2n) is 7.01. The van der Waals surface area contributed by atoms with Crippen LogP contribution in [0.1, 0.15) is 24.0 Å². The van der Waals surface area contributed by atoms with Gasteiger partial charge in [-0.3, -0.25) is 9.59 Å². The van der Waals surface area contributed by atoms with Crippen molar-refractivity contribution < 1.29 is 27.5 Å². The Labute approximate surface area is 176 Å². The summed E-state index contributed by atoms with van der Waals surface area (Å²) in [7, 11) is 0. The maximum Gasteiger partial charge on any atom is 0.417 e. The topological polar surface area (TPSA) is 95.3 Å². The SMILES string of the molecule is N#Cc1ccc(NC(=O)COC(=O)C2CCN(c3ccc(C(F)(F)F)cn3)CC2)cc1. The molecule has 0 bridgehead atoms. The van der Waals surface area contributed by atoms with Crippen LogP contribution in [0.5, 0.6) is 0 Å². The highest BCUT2D eigenvalue weighted by Crippen LogP contribution is 2.30. The van der Waals surface area contributed by atoms with Gasteiger partial charge >= 0.3 is 12.1 Å². The molecular formula is C21H19F3N4O3. The smallest absolute Gasteiger partial charge is 0.417 e. The molecule has 1 saturated heterocycles. The van der Waals surface area contributed by atoms with Crippen molar-refractivity contribution in [3.63, 3.8) is 0 Å². The maximum absolute atomic E-state index is 12.6. The van der Waals surface area contributed by atoms with Gasteiger partial charge in [-0.05, 0) is 49.2 Å². The number of nitriles is 1. The molecule has 3 rings (SSSR count). The number of piperidine rings is 1. The van der Waals surface area contributed by atoms with Crippen molar-refractivity contribution in [1.82, 2.24) is 4.98 Å². The lowest BCUT2D eigenvalue weighted by molar-refractivity contribution is -0.152. The number of amides is 1. The van der Waals surface area contributed by atoms with Crippen LogP contribution in [0, 0.1) is 17.2 Å². The third-order valence-electron chi connectivity index (χ3n) is 4.87. The van der Waals surface area contributed by atoms with Crippen LogP contribution in [0.4, 0.5) is 24.7 Å². The van der Waals surface area contributed by atoms with E-state index >= 15 is 0 Å². The van der Waals surface area contributed by atoms with Crippen LogP contribution >= 0.6 is 0 Å². The lowest BCUT2D eigenvalue weighted by Gasteiger charge is -2.31. The van der Waals surface area contributed by atoms with Gasteiger partial charge in [0.25, 0.3) is 5.91 Å². The Balaban J connectivity index is 1.43. The first-order chi connectivity index (χ1) is 14.8. The summed E-state index contributed by atoms with van der Waals surface area (Å²) in [6, 6.07) is 10.5. The number of esters is 1. The maximum atomic E-state index is 12.6. The fourth-order valence-electron chi connectivity index (χ4n) is 3.16. The van der Waals surface area contributed by atoms with Gasteiger partial charge in [-0.2, -0.15) is 18.4 Å².